The summed E-state index contributed by atoms with van der Waals surface area (Å²) >= 11 is 0. The van der Waals surface area contributed by atoms with Crippen LogP contribution in [0.15, 0.2) is 34.9 Å². The highest BCUT2D eigenvalue weighted by Gasteiger charge is 2.26. The molecule has 0 aliphatic heterocycles. The summed E-state index contributed by atoms with van der Waals surface area (Å²) in [6, 6.07) is 9.57. The molecular formula is C15H16N2O2. The number of rotatable bonds is 2. The van der Waals surface area contributed by atoms with E-state index in [0.29, 0.717) is 5.69 Å². The molecule has 1 aliphatic rings. The molecule has 3 rings (SSSR count). The molecule has 0 fully saturated rings. The third kappa shape index (κ3) is 2.14. The van der Waals surface area contributed by atoms with Gasteiger partial charge in [0.05, 0.1) is 0 Å². The Morgan fingerprint density at radius 3 is 2.74 bits per heavy atom. The summed E-state index contributed by atoms with van der Waals surface area (Å²) in [7, 11) is 1.77. The number of anilines is 1. The van der Waals surface area contributed by atoms with E-state index in [4.69, 9.17) is 4.52 Å². The Balaban J connectivity index is 1.90. The molecule has 1 heterocycles. The van der Waals surface area contributed by atoms with Crippen molar-refractivity contribution in [2.45, 2.75) is 25.7 Å². The van der Waals surface area contributed by atoms with E-state index in [-0.39, 0.29) is 5.91 Å². The van der Waals surface area contributed by atoms with E-state index in [0.717, 1.165) is 42.7 Å². The molecule has 0 atom stereocenters. The average molecular weight is 256 g/mol. The van der Waals surface area contributed by atoms with Crippen LogP contribution in [-0.4, -0.2) is 18.1 Å². The summed E-state index contributed by atoms with van der Waals surface area (Å²) < 4.78 is 5.30. The number of fused-ring (bicyclic) bond motifs is 1. The highest BCUT2D eigenvalue weighted by molar-refractivity contribution is 6.05. The summed E-state index contributed by atoms with van der Waals surface area (Å²) in [6.45, 7) is 0. The Kier molecular flexibility index (Phi) is 3.07. The fraction of sp³-hybridized carbons (Fsp3) is 0.333. The lowest BCUT2D eigenvalue weighted by molar-refractivity contribution is 0.0983. The van der Waals surface area contributed by atoms with Crippen LogP contribution < -0.4 is 4.90 Å². The van der Waals surface area contributed by atoms with Crippen molar-refractivity contribution >= 4 is 11.6 Å². The Morgan fingerprint density at radius 2 is 1.95 bits per heavy atom. The molecular weight excluding hydrogens is 240 g/mol. The highest BCUT2D eigenvalue weighted by atomic mass is 16.5. The lowest BCUT2D eigenvalue weighted by atomic mass is 9.96. The summed E-state index contributed by atoms with van der Waals surface area (Å²) in [5.74, 6) is 0.786. The van der Waals surface area contributed by atoms with Crippen molar-refractivity contribution in [1.82, 2.24) is 5.16 Å². The van der Waals surface area contributed by atoms with E-state index in [1.807, 2.05) is 30.3 Å². The van der Waals surface area contributed by atoms with Crippen molar-refractivity contribution in [3.8, 4) is 0 Å². The molecule has 1 aromatic carbocycles. The van der Waals surface area contributed by atoms with Crippen LogP contribution >= 0.6 is 0 Å². The fourth-order valence-corrected chi connectivity index (χ4v) is 2.48. The van der Waals surface area contributed by atoms with Crippen LogP contribution in [0.1, 0.15) is 34.7 Å². The average Bonchev–Trinajstić information content (AvgIpc) is 2.90. The number of carbonyl (C=O) groups is 1. The van der Waals surface area contributed by atoms with Gasteiger partial charge in [0, 0.05) is 24.7 Å². The Hall–Kier alpha value is -2.10. The molecule has 0 radical (unpaired) electrons. The van der Waals surface area contributed by atoms with Gasteiger partial charge in [-0.15, -0.1) is 0 Å². The quantitative estimate of drug-likeness (QED) is 0.830. The molecule has 0 N–H and O–H groups in total. The van der Waals surface area contributed by atoms with Crippen LogP contribution in [0.2, 0.25) is 0 Å². The first-order valence-corrected chi connectivity index (χ1v) is 6.58. The molecule has 4 nitrogen and oxygen atoms in total. The van der Waals surface area contributed by atoms with Gasteiger partial charge in [-0.25, -0.2) is 0 Å². The highest BCUT2D eigenvalue weighted by Crippen LogP contribution is 2.26. The molecule has 4 heteroatoms. The maximum atomic E-state index is 12.5. The maximum absolute atomic E-state index is 12.5. The molecule has 2 aromatic rings. The Bertz CT molecular complexity index is 589. The lowest BCUT2D eigenvalue weighted by Crippen LogP contribution is -2.27. The molecule has 19 heavy (non-hydrogen) atoms. The smallest absolute Gasteiger partial charge is 0.280 e. The van der Waals surface area contributed by atoms with Crippen molar-refractivity contribution in [3.05, 3.63) is 47.3 Å². The van der Waals surface area contributed by atoms with E-state index < -0.39 is 0 Å². The number of benzene rings is 1. The van der Waals surface area contributed by atoms with Gasteiger partial charge in [-0.3, -0.25) is 4.79 Å². The molecule has 1 aliphatic carbocycles. The minimum atomic E-state index is -0.0990. The van der Waals surface area contributed by atoms with E-state index >= 15 is 0 Å². The molecule has 1 aromatic heterocycles. The number of aromatic nitrogens is 1. The zero-order valence-corrected chi connectivity index (χ0v) is 10.9. The summed E-state index contributed by atoms with van der Waals surface area (Å²) in [4.78, 5) is 14.1. The SMILES string of the molecule is CN(C(=O)c1noc2c1CCCC2)c1ccccc1. The number of amides is 1. The molecule has 0 spiro atoms. The lowest BCUT2D eigenvalue weighted by Gasteiger charge is -2.17. The predicted octanol–water partition coefficient (Wildman–Crippen LogP) is 2.83. The minimum absolute atomic E-state index is 0.0990. The summed E-state index contributed by atoms with van der Waals surface area (Å²) in [6.07, 6.45) is 4.00. The van der Waals surface area contributed by atoms with E-state index in [1.165, 1.54) is 0 Å². The van der Waals surface area contributed by atoms with Gasteiger partial charge in [0.2, 0.25) is 0 Å². The van der Waals surface area contributed by atoms with Crippen molar-refractivity contribution in [1.29, 1.82) is 0 Å². The normalized spacial score (nSPS) is 13.9. The maximum Gasteiger partial charge on any atom is 0.280 e. The number of aryl methyl sites for hydroxylation is 1. The zero-order valence-electron chi connectivity index (χ0n) is 10.9. The summed E-state index contributed by atoms with van der Waals surface area (Å²) in [5, 5.41) is 3.98. The monoisotopic (exact) mass is 256 g/mol. The molecule has 0 bridgehead atoms. The van der Waals surface area contributed by atoms with Gasteiger partial charge in [0.15, 0.2) is 5.69 Å². The largest absolute Gasteiger partial charge is 0.360 e. The first kappa shape index (κ1) is 12.0. The number of hydrogen-bond acceptors (Lipinski definition) is 3. The first-order valence-electron chi connectivity index (χ1n) is 6.58. The molecule has 0 unspecified atom stereocenters. The van der Waals surface area contributed by atoms with Crippen LogP contribution in [0, 0.1) is 0 Å². The van der Waals surface area contributed by atoms with Crippen molar-refractivity contribution in [2.75, 3.05) is 11.9 Å². The summed E-state index contributed by atoms with van der Waals surface area (Å²) in [5.41, 5.74) is 2.33. The second-order valence-electron chi connectivity index (χ2n) is 4.84. The van der Waals surface area contributed by atoms with Gasteiger partial charge in [0.25, 0.3) is 5.91 Å². The fourth-order valence-electron chi connectivity index (χ4n) is 2.48. The van der Waals surface area contributed by atoms with Crippen LogP contribution in [0.3, 0.4) is 0 Å². The van der Waals surface area contributed by atoms with Gasteiger partial charge >= 0.3 is 0 Å². The van der Waals surface area contributed by atoms with Crippen molar-refractivity contribution in [2.24, 2.45) is 0 Å². The number of para-hydroxylation sites is 1. The molecule has 0 saturated carbocycles. The van der Waals surface area contributed by atoms with Gasteiger partial charge < -0.3 is 9.42 Å². The van der Waals surface area contributed by atoms with E-state index in [2.05, 4.69) is 5.16 Å². The van der Waals surface area contributed by atoms with Gasteiger partial charge in [0.1, 0.15) is 5.76 Å². The van der Waals surface area contributed by atoms with E-state index in [9.17, 15) is 4.79 Å². The standard InChI is InChI=1S/C15H16N2O2/c1-17(11-7-3-2-4-8-11)15(18)14-12-9-5-6-10-13(12)19-16-14/h2-4,7-8H,5-6,9-10H2,1H3. The van der Waals surface area contributed by atoms with Crippen LogP contribution in [0.4, 0.5) is 5.69 Å². The second kappa shape index (κ2) is 4.88. The predicted molar refractivity (Wildman–Crippen MR) is 72.3 cm³/mol. The second-order valence-corrected chi connectivity index (χ2v) is 4.84. The third-order valence-electron chi connectivity index (χ3n) is 3.60. The van der Waals surface area contributed by atoms with Gasteiger partial charge in [-0.2, -0.15) is 0 Å². The minimum Gasteiger partial charge on any atom is -0.360 e. The van der Waals surface area contributed by atoms with Gasteiger partial charge in [-0.1, -0.05) is 23.4 Å². The third-order valence-corrected chi connectivity index (χ3v) is 3.60. The van der Waals surface area contributed by atoms with Crippen molar-refractivity contribution < 1.29 is 9.32 Å². The van der Waals surface area contributed by atoms with Crippen molar-refractivity contribution in [3.63, 3.8) is 0 Å². The topological polar surface area (TPSA) is 46.3 Å². The number of nitrogens with zero attached hydrogens (tertiary/aromatic N) is 2. The molecule has 98 valence electrons. The van der Waals surface area contributed by atoms with Gasteiger partial charge in [-0.05, 0) is 31.4 Å². The van der Waals surface area contributed by atoms with Crippen LogP contribution in [0.25, 0.3) is 0 Å². The zero-order chi connectivity index (χ0) is 13.2. The van der Waals surface area contributed by atoms with E-state index in [1.54, 1.807) is 11.9 Å². The first-order chi connectivity index (χ1) is 9.27. The molecule has 1 amide bonds. The van der Waals surface area contributed by atoms with Crippen LogP contribution in [0.5, 0.6) is 0 Å². The Labute approximate surface area is 112 Å². The number of carbonyl (C=O) groups excluding carboxylic acids is 1. The molecule has 0 saturated heterocycles. The van der Waals surface area contributed by atoms with Crippen LogP contribution in [-0.2, 0) is 12.8 Å². The Morgan fingerprint density at radius 1 is 1.21 bits per heavy atom. The number of hydrogen-bond donors (Lipinski definition) is 0.